The van der Waals surface area contributed by atoms with E-state index in [0.29, 0.717) is 0 Å². The largest absolute Gasteiger partial charge is 0.261 e. The van der Waals surface area contributed by atoms with Gasteiger partial charge in [0.1, 0.15) is 0 Å². The number of hydrogen-bond donors (Lipinski definition) is 0. The van der Waals surface area contributed by atoms with Crippen LogP contribution in [0.5, 0.6) is 0 Å². The topological polar surface area (TPSA) is 30.2 Å². The van der Waals surface area contributed by atoms with Crippen LogP contribution >= 0.6 is 0 Å². The summed E-state index contributed by atoms with van der Waals surface area (Å²) in [4.78, 5) is 4.10. The SMILES string of the molecule is c1cn2nc3c(c2cn1)CCC3. The number of hydrogen-bond acceptors (Lipinski definition) is 2. The average molecular weight is 159 g/mol. The number of aryl methyl sites for hydroxylation is 2. The summed E-state index contributed by atoms with van der Waals surface area (Å²) < 4.78 is 1.93. The van der Waals surface area contributed by atoms with E-state index in [4.69, 9.17) is 0 Å². The molecule has 60 valence electrons. The third-order valence-corrected chi connectivity index (χ3v) is 2.46. The number of aromatic nitrogens is 3. The maximum atomic E-state index is 4.47. The van der Waals surface area contributed by atoms with Crippen LogP contribution in [-0.4, -0.2) is 14.6 Å². The van der Waals surface area contributed by atoms with Crippen LogP contribution in [0.15, 0.2) is 18.6 Å². The molecule has 2 aromatic heterocycles. The van der Waals surface area contributed by atoms with Gasteiger partial charge in [-0.15, -0.1) is 0 Å². The Labute approximate surface area is 70.0 Å². The van der Waals surface area contributed by atoms with Crippen molar-refractivity contribution in [3.05, 3.63) is 29.8 Å². The second-order valence-electron chi connectivity index (χ2n) is 3.18. The van der Waals surface area contributed by atoms with E-state index in [1.54, 1.807) is 6.20 Å². The van der Waals surface area contributed by atoms with Crippen LogP contribution in [-0.2, 0) is 12.8 Å². The minimum atomic E-state index is 1.14. The monoisotopic (exact) mass is 159 g/mol. The number of nitrogens with zero attached hydrogens (tertiary/aromatic N) is 3. The van der Waals surface area contributed by atoms with Gasteiger partial charge in [-0.3, -0.25) is 4.98 Å². The first-order valence-corrected chi connectivity index (χ1v) is 4.25. The van der Waals surface area contributed by atoms with Crippen molar-refractivity contribution in [2.45, 2.75) is 19.3 Å². The molecule has 0 radical (unpaired) electrons. The van der Waals surface area contributed by atoms with Gasteiger partial charge in [0.05, 0.1) is 17.4 Å². The Balaban J connectivity index is 2.44. The summed E-state index contributed by atoms with van der Waals surface area (Å²) in [6, 6.07) is 0. The highest BCUT2D eigenvalue weighted by atomic mass is 15.2. The van der Waals surface area contributed by atoms with Crippen molar-refractivity contribution in [2.75, 3.05) is 0 Å². The van der Waals surface area contributed by atoms with Crippen molar-refractivity contribution in [1.29, 1.82) is 0 Å². The molecule has 0 saturated heterocycles. The van der Waals surface area contributed by atoms with Gasteiger partial charge in [0.2, 0.25) is 0 Å². The van der Waals surface area contributed by atoms with Gasteiger partial charge in [-0.05, 0) is 19.3 Å². The van der Waals surface area contributed by atoms with E-state index in [2.05, 4.69) is 10.1 Å². The van der Waals surface area contributed by atoms with E-state index in [-0.39, 0.29) is 0 Å². The van der Waals surface area contributed by atoms with Gasteiger partial charge in [0, 0.05) is 18.0 Å². The van der Waals surface area contributed by atoms with Crippen molar-refractivity contribution < 1.29 is 0 Å². The highest BCUT2D eigenvalue weighted by Crippen LogP contribution is 2.24. The van der Waals surface area contributed by atoms with Gasteiger partial charge in [-0.2, -0.15) is 5.10 Å². The first kappa shape index (κ1) is 6.17. The summed E-state index contributed by atoms with van der Waals surface area (Å²) in [5.41, 5.74) is 3.86. The highest BCUT2D eigenvalue weighted by molar-refractivity contribution is 5.56. The molecule has 12 heavy (non-hydrogen) atoms. The molecule has 0 saturated carbocycles. The van der Waals surface area contributed by atoms with Crippen LogP contribution in [0.4, 0.5) is 0 Å². The molecule has 0 aromatic carbocycles. The second-order valence-corrected chi connectivity index (χ2v) is 3.18. The summed E-state index contributed by atoms with van der Waals surface area (Å²) in [7, 11) is 0. The Morgan fingerprint density at radius 1 is 1.33 bits per heavy atom. The Morgan fingerprint density at radius 2 is 2.33 bits per heavy atom. The molecule has 0 atom stereocenters. The van der Waals surface area contributed by atoms with Gasteiger partial charge in [0.25, 0.3) is 0 Å². The molecular weight excluding hydrogens is 150 g/mol. The normalized spacial score (nSPS) is 15.3. The number of rotatable bonds is 0. The number of fused-ring (bicyclic) bond motifs is 3. The molecule has 1 aliphatic rings. The van der Waals surface area contributed by atoms with Gasteiger partial charge in [-0.25, -0.2) is 4.52 Å². The smallest absolute Gasteiger partial charge is 0.0879 e. The molecule has 2 aromatic rings. The fourth-order valence-electron chi connectivity index (χ4n) is 1.90. The Kier molecular flexibility index (Phi) is 1.06. The molecule has 0 unspecified atom stereocenters. The molecule has 3 nitrogen and oxygen atoms in total. The molecule has 0 amide bonds. The third kappa shape index (κ3) is 0.656. The van der Waals surface area contributed by atoms with E-state index in [9.17, 15) is 0 Å². The van der Waals surface area contributed by atoms with Crippen molar-refractivity contribution in [3.8, 4) is 0 Å². The minimum absolute atomic E-state index is 1.14. The van der Waals surface area contributed by atoms with Crippen molar-refractivity contribution in [2.24, 2.45) is 0 Å². The molecule has 3 heteroatoms. The molecule has 0 fully saturated rings. The maximum absolute atomic E-state index is 4.47. The first-order chi connectivity index (χ1) is 5.95. The van der Waals surface area contributed by atoms with E-state index >= 15 is 0 Å². The maximum Gasteiger partial charge on any atom is 0.0879 e. The average Bonchev–Trinajstić information content (AvgIpc) is 2.62. The summed E-state index contributed by atoms with van der Waals surface area (Å²) in [6.07, 6.45) is 9.14. The zero-order valence-corrected chi connectivity index (χ0v) is 6.70. The van der Waals surface area contributed by atoms with E-state index in [0.717, 1.165) is 6.42 Å². The minimum Gasteiger partial charge on any atom is -0.261 e. The first-order valence-electron chi connectivity index (χ1n) is 4.25. The summed E-state index contributed by atoms with van der Waals surface area (Å²) >= 11 is 0. The van der Waals surface area contributed by atoms with Gasteiger partial charge in [-0.1, -0.05) is 0 Å². The summed E-state index contributed by atoms with van der Waals surface area (Å²) in [6.45, 7) is 0. The third-order valence-electron chi connectivity index (χ3n) is 2.46. The van der Waals surface area contributed by atoms with Crippen LogP contribution in [0.25, 0.3) is 5.52 Å². The van der Waals surface area contributed by atoms with Crippen molar-refractivity contribution in [3.63, 3.8) is 0 Å². The van der Waals surface area contributed by atoms with Gasteiger partial charge >= 0.3 is 0 Å². The standard InChI is InChI=1S/C9H9N3/c1-2-7-8(3-1)11-12-5-4-10-6-9(7)12/h4-6H,1-3H2. The Morgan fingerprint density at radius 3 is 3.33 bits per heavy atom. The van der Waals surface area contributed by atoms with Crippen LogP contribution in [0.2, 0.25) is 0 Å². The highest BCUT2D eigenvalue weighted by Gasteiger charge is 2.17. The zero-order valence-electron chi connectivity index (χ0n) is 6.70. The molecule has 0 N–H and O–H groups in total. The van der Waals surface area contributed by atoms with Gasteiger partial charge < -0.3 is 0 Å². The predicted molar refractivity (Wildman–Crippen MR) is 45.0 cm³/mol. The lowest BCUT2D eigenvalue weighted by Crippen LogP contribution is -1.89. The lowest BCUT2D eigenvalue weighted by molar-refractivity contribution is 0.836. The van der Waals surface area contributed by atoms with E-state index in [1.165, 1.54) is 29.6 Å². The van der Waals surface area contributed by atoms with Crippen molar-refractivity contribution >= 4 is 5.52 Å². The molecular formula is C9H9N3. The molecule has 3 rings (SSSR count). The summed E-state index contributed by atoms with van der Waals surface area (Å²) in [5.74, 6) is 0. The lowest BCUT2D eigenvalue weighted by atomic mass is 10.2. The lowest BCUT2D eigenvalue weighted by Gasteiger charge is -1.92. The van der Waals surface area contributed by atoms with Gasteiger partial charge in [0.15, 0.2) is 0 Å². The molecule has 0 aliphatic heterocycles. The fourth-order valence-corrected chi connectivity index (χ4v) is 1.90. The molecule has 0 spiro atoms. The molecule has 2 heterocycles. The predicted octanol–water partition coefficient (Wildman–Crippen LogP) is 1.22. The van der Waals surface area contributed by atoms with Crippen LogP contribution < -0.4 is 0 Å². The Bertz CT molecular complexity index is 430. The van der Waals surface area contributed by atoms with Crippen LogP contribution in [0.1, 0.15) is 17.7 Å². The van der Waals surface area contributed by atoms with E-state index in [1.807, 2.05) is 16.9 Å². The van der Waals surface area contributed by atoms with Crippen molar-refractivity contribution in [1.82, 2.24) is 14.6 Å². The molecule has 1 aliphatic carbocycles. The fraction of sp³-hybridized carbons (Fsp3) is 0.333. The Hall–Kier alpha value is -1.38. The quantitative estimate of drug-likeness (QED) is 0.578. The van der Waals surface area contributed by atoms with Crippen LogP contribution in [0.3, 0.4) is 0 Å². The molecule has 0 bridgehead atoms. The zero-order chi connectivity index (χ0) is 7.97. The summed E-state index contributed by atoms with van der Waals surface area (Å²) in [5, 5.41) is 4.47. The van der Waals surface area contributed by atoms with Crippen LogP contribution in [0, 0.1) is 0 Å². The van der Waals surface area contributed by atoms with E-state index < -0.39 is 0 Å². The second kappa shape index (κ2) is 2.06.